The Kier molecular flexibility index (Phi) is 3.58. The molecule has 2 heterocycles. The normalized spacial score (nSPS) is 11.6. The Morgan fingerprint density at radius 3 is 2.68 bits per heavy atom. The van der Waals surface area contributed by atoms with Crippen molar-refractivity contribution in [3.63, 3.8) is 0 Å². The molecule has 0 bridgehead atoms. The van der Waals surface area contributed by atoms with E-state index in [1.54, 1.807) is 18.3 Å². The van der Waals surface area contributed by atoms with Gasteiger partial charge in [-0.25, -0.2) is 4.98 Å². The molecule has 0 spiro atoms. The molecular formula is C15H9F3N2OS. The second-order valence-electron chi connectivity index (χ2n) is 4.54. The molecule has 0 atom stereocenters. The summed E-state index contributed by atoms with van der Waals surface area (Å²) >= 11 is 1.19. The summed E-state index contributed by atoms with van der Waals surface area (Å²) in [6.45, 7) is 0. The Hall–Kier alpha value is -2.41. The summed E-state index contributed by atoms with van der Waals surface area (Å²) in [5, 5.41) is 3.30. The van der Waals surface area contributed by atoms with Crippen LogP contribution in [0.1, 0.15) is 15.2 Å². The number of hydrogen-bond donors (Lipinski definition) is 1. The highest BCUT2D eigenvalue weighted by atomic mass is 32.1. The Morgan fingerprint density at radius 2 is 1.95 bits per heavy atom. The molecule has 1 amide bonds. The third-order valence-corrected chi connectivity index (χ3v) is 4.02. The Morgan fingerprint density at radius 1 is 1.14 bits per heavy atom. The third kappa shape index (κ3) is 2.94. The van der Waals surface area contributed by atoms with Gasteiger partial charge in [0.15, 0.2) is 0 Å². The lowest BCUT2D eigenvalue weighted by Crippen LogP contribution is -2.11. The number of rotatable bonds is 2. The highest BCUT2D eigenvalue weighted by Gasteiger charge is 2.30. The number of nitrogens with zero attached hydrogens (tertiary/aromatic N) is 1. The van der Waals surface area contributed by atoms with Crippen LogP contribution in [0.4, 0.5) is 18.9 Å². The van der Waals surface area contributed by atoms with Crippen molar-refractivity contribution in [2.75, 3.05) is 5.32 Å². The van der Waals surface area contributed by atoms with Crippen LogP contribution < -0.4 is 5.32 Å². The van der Waals surface area contributed by atoms with E-state index in [9.17, 15) is 18.0 Å². The molecule has 0 aliphatic heterocycles. The van der Waals surface area contributed by atoms with Crippen molar-refractivity contribution in [2.45, 2.75) is 6.18 Å². The van der Waals surface area contributed by atoms with Gasteiger partial charge in [0.25, 0.3) is 5.91 Å². The van der Waals surface area contributed by atoms with Crippen molar-refractivity contribution in [3.05, 3.63) is 59.1 Å². The number of amides is 1. The SMILES string of the molecule is O=C(Nc1cccc(C(F)(F)F)c1)c1cc2cccnc2s1. The summed E-state index contributed by atoms with van der Waals surface area (Å²) in [5.41, 5.74) is -0.700. The predicted octanol–water partition coefficient (Wildman–Crippen LogP) is 4.57. The minimum absolute atomic E-state index is 0.102. The van der Waals surface area contributed by atoms with Crippen molar-refractivity contribution >= 4 is 33.1 Å². The molecule has 22 heavy (non-hydrogen) atoms. The van der Waals surface area contributed by atoms with Crippen molar-refractivity contribution in [3.8, 4) is 0 Å². The molecule has 112 valence electrons. The van der Waals surface area contributed by atoms with Crippen molar-refractivity contribution < 1.29 is 18.0 Å². The summed E-state index contributed by atoms with van der Waals surface area (Å²) in [5.74, 6) is -0.456. The van der Waals surface area contributed by atoms with Crippen LogP contribution >= 0.6 is 11.3 Å². The van der Waals surface area contributed by atoms with Gasteiger partial charge in [0.2, 0.25) is 0 Å². The maximum atomic E-state index is 12.6. The van der Waals surface area contributed by atoms with Gasteiger partial charge < -0.3 is 5.32 Å². The number of nitrogens with one attached hydrogen (secondary N) is 1. The Balaban J connectivity index is 1.85. The van der Waals surface area contributed by atoms with Gasteiger partial charge in [-0.05, 0) is 30.3 Å². The van der Waals surface area contributed by atoms with Crippen molar-refractivity contribution in [2.24, 2.45) is 0 Å². The number of aromatic nitrogens is 1. The second kappa shape index (κ2) is 5.42. The molecule has 2 aromatic heterocycles. The number of carbonyl (C=O) groups excluding carboxylic acids is 1. The highest BCUT2D eigenvalue weighted by Crippen LogP contribution is 2.31. The summed E-state index contributed by atoms with van der Waals surface area (Å²) in [6.07, 6.45) is -2.82. The molecule has 7 heteroatoms. The van der Waals surface area contributed by atoms with E-state index in [0.29, 0.717) is 9.71 Å². The van der Waals surface area contributed by atoms with Gasteiger partial charge in [-0.15, -0.1) is 11.3 Å². The zero-order valence-electron chi connectivity index (χ0n) is 11.0. The van der Waals surface area contributed by atoms with E-state index in [-0.39, 0.29) is 5.69 Å². The predicted molar refractivity (Wildman–Crippen MR) is 79.0 cm³/mol. The molecule has 0 saturated heterocycles. The zero-order valence-corrected chi connectivity index (χ0v) is 11.8. The van der Waals surface area contributed by atoms with E-state index < -0.39 is 17.6 Å². The molecular weight excluding hydrogens is 313 g/mol. The minimum atomic E-state index is -4.44. The van der Waals surface area contributed by atoms with Gasteiger partial charge in [0, 0.05) is 17.3 Å². The quantitative estimate of drug-likeness (QED) is 0.751. The van der Waals surface area contributed by atoms with Gasteiger partial charge in [0.05, 0.1) is 10.4 Å². The lowest BCUT2D eigenvalue weighted by molar-refractivity contribution is -0.137. The molecule has 0 unspecified atom stereocenters. The lowest BCUT2D eigenvalue weighted by atomic mass is 10.2. The standard InChI is InChI=1S/C15H9F3N2OS/c16-15(17,18)10-4-1-5-11(8-10)20-13(21)12-7-9-3-2-6-19-14(9)22-12/h1-8H,(H,20,21). The first-order valence-electron chi connectivity index (χ1n) is 6.27. The van der Waals surface area contributed by atoms with Crippen LogP contribution in [0.15, 0.2) is 48.7 Å². The van der Waals surface area contributed by atoms with Crippen molar-refractivity contribution in [1.82, 2.24) is 4.98 Å². The van der Waals surface area contributed by atoms with Crippen LogP contribution in [0.3, 0.4) is 0 Å². The van der Waals surface area contributed by atoms with Gasteiger partial charge in [0.1, 0.15) is 4.83 Å². The molecule has 3 aromatic rings. The smallest absolute Gasteiger partial charge is 0.321 e. The van der Waals surface area contributed by atoms with Crippen LogP contribution in [-0.4, -0.2) is 10.9 Å². The fourth-order valence-electron chi connectivity index (χ4n) is 1.95. The maximum absolute atomic E-state index is 12.6. The van der Waals surface area contributed by atoms with E-state index in [1.165, 1.54) is 23.5 Å². The lowest BCUT2D eigenvalue weighted by Gasteiger charge is -2.09. The average Bonchev–Trinajstić information content (AvgIpc) is 2.90. The Labute approximate surface area is 127 Å². The van der Waals surface area contributed by atoms with E-state index in [1.807, 2.05) is 6.07 Å². The monoisotopic (exact) mass is 322 g/mol. The zero-order chi connectivity index (χ0) is 15.7. The molecule has 0 radical (unpaired) electrons. The van der Waals surface area contributed by atoms with Crippen LogP contribution in [0.25, 0.3) is 10.2 Å². The first-order chi connectivity index (χ1) is 10.4. The summed E-state index contributed by atoms with van der Waals surface area (Å²) in [4.78, 5) is 17.4. The fourth-order valence-corrected chi connectivity index (χ4v) is 2.85. The largest absolute Gasteiger partial charge is 0.416 e. The summed E-state index contributed by atoms with van der Waals surface area (Å²) < 4.78 is 37.9. The summed E-state index contributed by atoms with van der Waals surface area (Å²) in [7, 11) is 0. The number of hydrogen-bond acceptors (Lipinski definition) is 3. The molecule has 0 saturated carbocycles. The number of anilines is 1. The topological polar surface area (TPSA) is 42.0 Å². The molecule has 0 aliphatic rings. The second-order valence-corrected chi connectivity index (χ2v) is 5.57. The number of thiophene rings is 1. The van der Waals surface area contributed by atoms with E-state index in [0.717, 1.165) is 17.5 Å². The maximum Gasteiger partial charge on any atom is 0.416 e. The number of pyridine rings is 1. The van der Waals surface area contributed by atoms with E-state index >= 15 is 0 Å². The molecule has 0 fully saturated rings. The number of halogens is 3. The van der Waals surface area contributed by atoms with Gasteiger partial charge in [-0.3, -0.25) is 4.79 Å². The molecule has 1 aromatic carbocycles. The van der Waals surface area contributed by atoms with Gasteiger partial charge >= 0.3 is 6.18 Å². The number of benzene rings is 1. The van der Waals surface area contributed by atoms with Crippen LogP contribution in [-0.2, 0) is 6.18 Å². The number of carbonyl (C=O) groups is 1. The van der Waals surface area contributed by atoms with Crippen molar-refractivity contribution in [1.29, 1.82) is 0 Å². The van der Waals surface area contributed by atoms with E-state index in [4.69, 9.17) is 0 Å². The van der Waals surface area contributed by atoms with Crippen LogP contribution in [0.2, 0.25) is 0 Å². The molecule has 3 rings (SSSR count). The minimum Gasteiger partial charge on any atom is -0.321 e. The molecule has 3 nitrogen and oxygen atoms in total. The summed E-state index contributed by atoms with van der Waals surface area (Å²) in [6, 6.07) is 9.77. The number of fused-ring (bicyclic) bond motifs is 1. The Bertz CT molecular complexity index is 809. The van der Waals surface area contributed by atoms with Gasteiger partial charge in [-0.1, -0.05) is 12.1 Å². The fraction of sp³-hybridized carbons (Fsp3) is 0.0667. The highest BCUT2D eigenvalue weighted by molar-refractivity contribution is 7.20. The van der Waals surface area contributed by atoms with E-state index in [2.05, 4.69) is 10.3 Å². The third-order valence-electron chi connectivity index (χ3n) is 2.97. The molecule has 1 N–H and O–H groups in total. The number of alkyl halides is 3. The average molecular weight is 322 g/mol. The van der Waals surface area contributed by atoms with Gasteiger partial charge in [-0.2, -0.15) is 13.2 Å². The van der Waals surface area contributed by atoms with Crippen LogP contribution in [0, 0.1) is 0 Å². The van der Waals surface area contributed by atoms with Crippen LogP contribution in [0.5, 0.6) is 0 Å². The first kappa shape index (κ1) is 14.5. The molecule has 0 aliphatic carbocycles. The first-order valence-corrected chi connectivity index (χ1v) is 7.08.